The van der Waals surface area contributed by atoms with Gasteiger partial charge >= 0.3 is 0 Å². The van der Waals surface area contributed by atoms with Crippen molar-refractivity contribution in [2.45, 2.75) is 38.4 Å². The smallest absolute Gasteiger partial charge is 0.191 e. The van der Waals surface area contributed by atoms with Crippen molar-refractivity contribution in [3.63, 3.8) is 0 Å². The van der Waals surface area contributed by atoms with Crippen LogP contribution in [0.15, 0.2) is 35.3 Å². The minimum absolute atomic E-state index is 0. The molecule has 0 radical (unpaired) electrons. The van der Waals surface area contributed by atoms with Crippen LogP contribution in [0.2, 0.25) is 0 Å². The van der Waals surface area contributed by atoms with E-state index in [0.29, 0.717) is 18.0 Å². The highest BCUT2D eigenvalue weighted by Gasteiger charge is 2.27. The molecular weight excluding hydrogens is 375 g/mol. The van der Waals surface area contributed by atoms with E-state index in [2.05, 4.69) is 53.0 Å². The fourth-order valence-electron chi connectivity index (χ4n) is 2.15. The summed E-state index contributed by atoms with van der Waals surface area (Å²) in [7, 11) is 4.17. The van der Waals surface area contributed by atoms with E-state index in [1.807, 2.05) is 13.1 Å². The van der Waals surface area contributed by atoms with Crippen molar-refractivity contribution in [2.24, 2.45) is 10.7 Å². The summed E-state index contributed by atoms with van der Waals surface area (Å²) in [5.41, 5.74) is 7.34. The fraction of sp³-hybridized carbons (Fsp3) is 0.562. The van der Waals surface area contributed by atoms with Crippen LogP contribution in [0.25, 0.3) is 0 Å². The Hall–Kier alpha value is -0.820. The van der Waals surface area contributed by atoms with E-state index in [1.54, 1.807) is 0 Å². The normalized spacial score (nSPS) is 16.5. The third-order valence-electron chi connectivity index (χ3n) is 4.00. The standard InChI is InChI=1S/C16H26N4.HI/c1-13(11-18-16(17)20(3)15-9-10-15)19(2)12-14-7-5-4-6-8-14;/h4-8,13,15H,9-12H2,1-3H3,(H2,17,18);1H. The van der Waals surface area contributed by atoms with Crippen LogP contribution in [-0.4, -0.2) is 48.5 Å². The number of nitrogens with zero attached hydrogens (tertiary/aromatic N) is 3. The Morgan fingerprint density at radius 2 is 1.90 bits per heavy atom. The van der Waals surface area contributed by atoms with Gasteiger partial charge in [0, 0.05) is 25.7 Å². The maximum Gasteiger partial charge on any atom is 0.191 e. The second-order valence-corrected chi connectivity index (χ2v) is 5.79. The molecule has 0 spiro atoms. The molecule has 1 unspecified atom stereocenters. The zero-order valence-corrected chi connectivity index (χ0v) is 15.5. The zero-order chi connectivity index (χ0) is 14.5. The number of benzene rings is 1. The quantitative estimate of drug-likeness (QED) is 0.452. The molecule has 118 valence electrons. The van der Waals surface area contributed by atoms with E-state index >= 15 is 0 Å². The molecule has 0 saturated heterocycles. The van der Waals surface area contributed by atoms with Crippen molar-refractivity contribution in [3.8, 4) is 0 Å². The maximum absolute atomic E-state index is 6.02. The second-order valence-electron chi connectivity index (χ2n) is 5.79. The van der Waals surface area contributed by atoms with Gasteiger partial charge in [-0.25, -0.2) is 0 Å². The highest BCUT2D eigenvalue weighted by atomic mass is 127. The molecule has 0 heterocycles. The molecule has 2 N–H and O–H groups in total. The Balaban J connectivity index is 0.00000220. The monoisotopic (exact) mass is 402 g/mol. The van der Waals surface area contributed by atoms with Crippen LogP contribution < -0.4 is 5.73 Å². The van der Waals surface area contributed by atoms with Crippen LogP contribution in [0.5, 0.6) is 0 Å². The summed E-state index contributed by atoms with van der Waals surface area (Å²) in [5.74, 6) is 0.674. The number of guanidine groups is 1. The minimum atomic E-state index is 0. The Bertz CT molecular complexity index is 445. The number of hydrogen-bond donors (Lipinski definition) is 1. The molecule has 2 rings (SSSR count). The van der Waals surface area contributed by atoms with Crippen LogP contribution in [0.3, 0.4) is 0 Å². The van der Waals surface area contributed by atoms with Gasteiger partial charge in [0.15, 0.2) is 5.96 Å². The minimum Gasteiger partial charge on any atom is -0.370 e. The Labute approximate surface area is 145 Å². The molecule has 1 aromatic carbocycles. The molecule has 21 heavy (non-hydrogen) atoms. The van der Waals surface area contributed by atoms with Crippen molar-refractivity contribution >= 4 is 29.9 Å². The molecular formula is C16H27IN4. The van der Waals surface area contributed by atoms with Crippen molar-refractivity contribution in [1.82, 2.24) is 9.80 Å². The summed E-state index contributed by atoms with van der Waals surface area (Å²) < 4.78 is 0. The lowest BCUT2D eigenvalue weighted by Crippen LogP contribution is -2.37. The molecule has 0 amide bonds. The maximum atomic E-state index is 6.02. The molecule has 0 aliphatic heterocycles. The Morgan fingerprint density at radius 3 is 2.48 bits per heavy atom. The van der Waals surface area contributed by atoms with Crippen LogP contribution in [-0.2, 0) is 6.54 Å². The lowest BCUT2D eigenvalue weighted by molar-refractivity contribution is 0.254. The van der Waals surface area contributed by atoms with Crippen LogP contribution >= 0.6 is 24.0 Å². The molecule has 5 heteroatoms. The molecule has 1 atom stereocenters. The fourth-order valence-corrected chi connectivity index (χ4v) is 2.15. The molecule has 1 aliphatic carbocycles. The van der Waals surface area contributed by atoms with Gasteiger partial charge in [-0.1, -0.05) is 30.3 Å². The topological polar surface area (TPSA) is 44.9 Å². The summed E-state index contributed by atoms with van der Waals surface area (Å²) in [6.45, 7) is 3.87. The molecule has 4 nitrogen and oxygen atoms in total. The number of rotatable bonds is 6. The first-order valence-corrected chi connectivity index (χ1v) is 7.35. The predicted octanol–water partition coefficient (Wildman–Crippen LogP) is 2.53. The average Bonchev–Trinajstić information content (AvgIpc) is 3.29. The molecule has 1 aromatic rings. The summed E-state index contributed by atoms with van der Waals surface area (Å²) >= 11 is 0. The number of halogens is 1. The van der Waals surface area contributed by atoms with Crippen molar-refractivity contribution in [3.05, 3.63) is 35.9 Å². The van der Waals surface area contributed by atoms with Gasteiger partial charge in [0.05, 0.1) is 6.54 Å². The first-order chi connectivity index (χ1) is 9.58. The lowest BCUT2D eigenvalue weighted by atomic mass is 10.2. The van der Waals surface area contributed by atoms with Crippen LogP contribution in [0.1, 0.15) is 25.3 Å². The number of hydrogen-bond acceptors (Lipinski definition) is 2. The van der Waals surface area contributed by atoms with E-state index in [4.69, 9.17) is 5.73 Å². The number of aliphatic imine (C=N–C) groups is 1. The number of likely N-dealkylation sites (N-methyl/N-ethyl adjacent to an activating group) is 1. The number of nitrogens with two attached hydrogens (primary N) is 1. The predicted molar refractivity (Wildman–Crippen MR) is 100 cm³/mol. The van der Waals surface area contributed by atoms with Gasteiger partial charge < -0.3 is 10.6 Å². The van der Waals surface area contributed by atoms with E-state index in [-0.39, 0.29) is 24.0 Å². The van der Waals surface area contributed by atoms with Gasteiger partial charge in [-0.05, 0) is 32.4 Å². The molecule has 1 fully saturated rings. The highest BCUT2D eigenvalue weighted by molar-refractivity contribution is 14.0. The van der Waals surface area contributed by atoms with Gasteiger partial charge in [-0.2, -0.15) is 0 Å². The molecule has 1 aliphatic rings. The summed E-state index contributed by atoms with van der Waals surface area (Å²) in [5, 5.41) is 0. The SMILES string of the molecule is CC(CN=C(N)N(C)C1CC1)N(C)Cc1ccccc1.I. The summed E-state index contributed by atoms with van der Waals surface area (Å²) in [6, 6.07) is 11.5. The molecule has 0 bridgehead atoms. The van der Waals surface area contributed by atoms with Crippen molar-refractivity contribution in [2.75, 3.05) is 20.6 Å². The van der Waals surface area contributed by atoms with Crippen LogP contribution in [0.4, 0.5) is 0 Å². The van der Waals surface area contributed by atoms with E-state index < -0.39 is 0 Å². The van der Waals surface area contributed by atoms with E-state index in [9.17, 15) is 0 Å². The summed E-state index contributed by atoms with van der Waals surface area (Å²) in [4.78, 5) is 8.94. The van der Waals surface area contributed by atoms with Gasteiger partial charge in [0.2, 0.25) is 0 Å². The van der Waals surface area contributed by atoms with E-state index in [1.165, 1.54) is 18.4 Å². The Morgan fingerprint density at radius 1 is 1.29 bits per heavy atom. The van der Waals surface area contributed by atoms with Crippen LogP contribution in [0, 0.1) is 0 Å². The molecule has 0 aromatic heterocycles. The third-order valence-corrected chi connectivity index (χ3v) is 4.00. The Kier molecular flexibility index (Phi) is 7.45. The van der Waals surface area contributed by atoms with Gasteiger partial charge in [-0.3, -0.25) is 9.89 Å². The average molecular weight is 402 g/mol. The largest absolute Gasteiger partial charge is 0.370 e. The van der Waals surface area contributed by atoms with Gasteiger partial charge in [0.25, 0.3) is 0 Å². The van der Waals surface area contributed by atoms with Crippen molar-refractivity contribution < 1.29 is 0 Å². The zero-order valence-electron chi connectivity index (χ0n) is 13.2. The van der Waals surface area contributed by atoms with Gasteiger partial charge in [-0.15, -0.1) is 24.0 Å². The first kappa shape index (κ1) is 18.2. The van der Waals surface area contributed by atoms with Crippen molar-refractivity contribution in [1.29, 1.82) is 0 Å². The molecule has 1 saturated carbocycles. The van der Waals surface area contributed by atoms with Gasteiger partial charge in [0.1, 0.15) is 0 Å². The highest BCUT2D eigenvalue weighted by Crippen LogP contribution is 2.24. The third kappa shape index (κ3) is 5.82. The summed E-state index contributed by atoms with van der Waals surface area (Å²) in [6.07, 6.45) is 2.49. The lowest BCUT2D eigenvalue weighted by Gasteiger charge is -2.24. The first-order valence-electron chi connectivity index (χ1n) is 7.35. The van der Waals surface area contributed by atoms with E-state index in [0.717, 1.165) is 13.1 Å². The second kappa shape index (κ2) is 8.58.